The number of hydrogen-bond acceptors (Lipinski definition) is 6. The van der Waals surface area contributed by atoms with Gasteiger partial charge in [0.05, 0.1) is 6.20 Å². The summed E-state index contributed by atoms with van der Waals surface area (Å²) in [4.78, 5) is 11.7. The van der Waals surface area contributed by atoms with Gasteiger partial charge in [-0.2, -0.15) is 4.98 Å². The number of hydrazine groups is 1. The largest absolute Gasteiger partial charge is 0.350 e. The van der Waals surface area contributed by atoms with Gasteiger partial charge in [-0.15, -0.1) is 0 Å². The highest BCUT2D eigenvalue weighted by Crippen LogP contribution is 2.19. The molecule has 0 bridgehead atoms. The maximum absolute atomic E-state index is 13.8. The molecule has 3 N–H and O–H groups in total. The van der Waals surface area contributed by atoms with Gasteiger partial charge in [-0.25, -0.2) is 15.2 Å². The Morgan fingerprint density at radius 2 is 2.17 bits per heavy atom. The number of nitrogens with one attached hydrogen (secondary N) is 1. The number of likely N-dealkylation sites (N-methyl/N-ethyl adjacent to an activating group) is 2. The summed E-state index contributed by atoms with van der Waals surface area (Å²) in [5, 5.41) is 0. The van der Waals surface area contributed by atoms with Crippen molar-refractivity contribution in [3.05, 3.63) is 12.0 Å². The molecule has 1 rings (SSSR count). The zero-order chi connectivity index (χ0) is 13.7. The van der Waals surface area contributed by atoms with E-state index in [1.165, 1.54) is 0 Å². The fraction of sp³-hybridized carbons (Fsp3) is 0.636. The number of anilines is 2. The average Bonchev–Trinajstić information content (AvgIpc) is 2.31. The monoisotopic (exact) mass is 256 g/mol. The highest BCUT2D eigenvalue weighted by molar-refractivity contribution is 5.44. The smallest absolute Gasteiger partial charge is 0.239 e. The van der Waals surface area contributed by atoms with E-state index in [1.54, 1.807) is 0 Å². The van der Waals surface area contributed by atoms with Crippen LogP contribution in [-0.4, -0.2) is 48.1 Å². The van der Waals surface area contributed by atoms with Gasteiger partial charge in [-0.3, -0.25) is 5.43 Å². The summed E-state index contributed by atoms with van der Waals surface area (Å²) in [6, 6.07) is 0.139. The highest BCUT2D eigenvalue weighted by Gasteiger charge is 2.19. The Balaban J connectivity index is 3.00. The zero-order valence-electron chi connectivity index (χ0n) is 11.3. The van der Waals surface area contributed by atoms with Gasteiger partial charge in [-0.05, 0) is 27.9 Å². The van der Waals surface area contributed by atoms with Crippen LogP contribution in [-0.2, 0) is 0 Å². The summed E-state index contributed by atoms with van der Waals surface area (Å²) >= 11 is 0. The molecule has 0 aromatic carbocycles. The summed E-state index contributed by atoms with van der Waals surface area (Å²) in [6.45, 7) is 5.46. The molecular formula is C11H21FN6. The van der Waals surface area contributed by atoms with Crippen LogP contribution in [0.3, 0.4) is 0 Å². The van der Waals surface area contributed by atoms with Crippen molar-refractivity contribution in [2.75, 3.05) is 37.5 Å². The zero-order valence-corrected chi connectivity index (χ0v) is 11.3. The lowest BCUT2D eigenvalue weighted by molar-refractivity contribution is 0.370. The second-order valence-electron chi connectivity index (χ2n) is 4.41. The van der Waals surface area contributed by atoms with E-state index in [-0.39, 0.29) is 17.8 Å². The van der Waals surface area contributed by atoms with E-state index >= 15 is 0 Å². The molecule has 0 spiro atoms. The number of nitrogens with zero attached hydrogens (tertiary/aromatic N) is 4. The Bertz CT molecular complexity index is 384. The Morgan fingerprint density at radius 3 is 2.67 bits per heavy atom. The second-order valence-corrected chi connectivity index (χ2v) is 4.41. The predicted molar refractivity (Wildman–Crippen MR) is 70.8 cm³/mol. The third-order valence-corrected chi connectivity index (χ3v) is 2.63. The van der Waals surface area contributed by atoms with Crippen molar-refractivity contribution in [3.8, 4) is 0 Å². The number of nitrogens with two attached hydrogens (primary N) is 1. The van der Waals surface area contributed by atoms with E-state index in [1.807, 2.05) is 32.8 Å². The van der Waals surface area contributed by atoms with Gasteiger partial charge < -0.3 is 9.80 Å². The van der Waals surface area contributed by atoms with E-state index in [4.69, 9.17) is 5.84 Å². The summed E-state index contributed by atoms with van der Waals surface area (Å²) in [5.41, 5.74) is 2.33. The van der Waals surface area contributed by atoms with Gasteiger partial charge in [0.2, 0.25) is 5.95 Å². The van der Waals surface area contributed by atoms with E-state index in [0.29, 0.717) is 6.54 Å². The van der Waals surface area contributed by atoms with Gasteiger partial charge >= 0.3 is 0 Å². The predicted octanol–water partition coefficient (Wildman–Crippen LogP) is 0.678. The quantitative estimate of drug-likeness (QED) is 0.576. The molecule has 6 nitrogen and oxygen atoms in total. The molecule has 0 amide bonds. The van der Waals surface area contributed by atoms with E-state index < -0.39 is 5.82 Å². The van der Waals surface area contributed by atoms with Crippen molar-refractivity contribution in [2.24, 2.45) is 5.84 Å². The maximum Gasteiger partial charge on any atom is 0.239 e. The maximum atomic E-state index is 13.8. The second kappa shape index (κ2) is 6.46. The molecule has 18 heavy (non-hydrogen) atoms. The number of hydrogen-bond donors (Lipinski definition) is 2. The molecule has 1 atom stereocenters. The molecule has 0 aliphatic rings. The lowest BCUT2D eigenvalue weighted by Gasteiger charge is -2.31. The molecule has 1 aromatic rings. The molecule has 0 radical (unpaired) electrons. The van der Waals surface area contributed by atoms with Crippen LogP contribution in [0.5, 0.6) is 0 Å². The van der Waals surface area contributed by atoms with Gasteiger partial charge in [-0.1, -0.05) is 0 Å². The standard InChI is InChI=1S/C11H21FN6/c1-5-18(8(2)7-17(3)4)10-9(12)6-14-11(15-10)16-13/h6,8H,5,7,13H2,1-4H3,(H,14,15,16). The highest BCUT2D eigenvalue weighted by atomic mass is 19.1. The van der Waals surface area contributed by atoms with Crippen molar-refractivity contribution < 1.29 is 4.39 Å². The van der Waals surface area contributed by atoms with E-state index in [0.717, 1.165) is 12.7 Å². The molecule has 0 aliphatic heterocycles. The molecule has 0 saturated heterocycles. The lowest BCUT2D eigenvalue weighted by atomic mass is 10.2. The number of rotatable bonds is 6. The van der Waals surface area contributed by atoms with Gasteiger partial charge in [0.15, 0.2) is 11.6 Å². The normalized spacial score (nSPS) is 12.6. The lowest BCUT2D eigenvalue weighted by Crippen LogP contribution is -2.41. The minimum atomic E-state index is -0.443. The molecule has 1 aromatic heterocycles. The Hall–Kier alpha value is -1.47. The first-order valence-corrected chi connectivity index (χ1v) is 5.90. The third kappa shape index (κ3) is 3.51. The molecule has 0 fully saturated rings. The van der Waals surface area contributed by atoms with E-state index in [9.17, 15) is 4.39 Å². The van der Waals surface area contributed by atoms with Crippen LogP contribution < -0.4 is 16.2 Å². The first-order chi connectivity index (χ1) is 8.49. The first kappa shape index (κ1) is 14.6. The third-order valence-electron chi connectivity index (χ3n) is 2.63. The van der Waals surface area contributed by atoms with Crippen molar-refractivity contribution in [1.29, 1.82) is 0 Å². The number of nitrogen functional groups attached to an aromatic ring is 1. The molecular weight excluding hydrogens is 235 g/mol. The fourth-order valence-electron chi connectivity index (χ4n) is 1.93. The molecule has 1 heterocycles. The van der Waals surface area contributed by atoms with Crippen LogP contribution in [0.15, 0.2) is 6.20 Å². The van der Waals surface area contributed by atoms with Crippen molar-refractivity contribution >= 4 is 11.8 Å². The minimum absolute atomic E-state index is 0.139. The summed E-state index contributed by atoms with van der Waals surface area (Å²) in [5.74, 6) is 5.28. The average molecular weight is 256 g/mol. The molecule has 1 unspecified atom stereocenters. The van der Waals surface area contributed by atoms with Crippen LogP contribution in [0, 0.1) is 5.82 Å². The Labute approximate surface area is 107 Å². The topological polar surface area (TPSA) is 70.3 Å². The summed E-state index contributed by atoms with van der Waals surface area (Å²) in [6.07, 6.45) is 1.13. The fourth-order valence-corrected chi connectivity index (χ4v) is 1.93. The SMILES string of the molecule is CCN(c1nc(NN)ncc1F)C(C)CN(C)C. The van der Waals surface area contributed by atoms with Crippen molar-refractivity contribution in [3.63, 3.8) is 0 Å². The first-order valence-electron chi connectivity index (χ1n) is 5.90. The van der Waals surface area contributed by atoms with Crippen LogP contribution in [0.25, 0.3) is 0 Å². The number of aromatic nitrogens is 2. The van der Waals surface area contributed by atoms with Crippen LogP contribution in [0.4, 0.5) is 16.2 Å². The Morgan fingerprint density at radius 1 is 1.50 bits per heavy atom. The van der Waals surface area contributed by atoms with E-state index in [2.05, 4.69) is 20.3 Å². The van der Waals surface area contributed by atoms with Crippen LogP contribution in [0.2, 0.25) is 0 Å². The van der Waals surface area contributed by atoms with Gasteiger partial charge in [0.25, 0.3) is 0 Å². The van der Waals surface area contributed by atoms with Crippen molar-refractivity contribution in [1.82, 2.24) is 14.9 Å². The molecule has 7 heteroatoms. The van der Waals surface area contributed by atoms with Crippen LogP contribution >= 0.6 is 0 Å². The van der Waals surface area contributed by atoms with Gasteiger partial charge in [0, 0.05) is 19.1 Å². The Kier molecular flexibility index (Phi) is 5.24. The van der Waals surface area contributed by atoms with Gasteiger partial charge in [0.1, 0.15) is 0 Å². The number of halogens is 1. The molecule has 0 aliphatic carbocycles. The van der Waals surface area contributed by atoms with Crippen LogP contribution in [0.1, 0.15) is 13.8 Å². The summed E-state index contributed by atoms with van der Waals surface area (Å²) < 4.78 is 13.8. The molecule has 102 valence electrons. The van der Waals surface area contributed by atoms with Crippen molar-refractivity contribution in [2.45, 2.75) is 19.9 Å². The summed E-state index contributed by atoms with van der Waals surface area (Å²) in [7, 11) is 3.96. The molecule has 0 saturated carbocycles. The minimum Gasteiger partial charge on any atom is -0.350 e.